The molecule has 1 aliphatic rings. The summed E-state index contributed by atoms with van der Waals surface area (Å²) in [7, 11) is 0. The van der Waals surface area contributed by atoms with E-state index in [0.29, 0.717) is 11.4 Å². The van der Waals surface area contributed by atoms with Crippen molar-refractivity contribution in [2.24, 2.45) is 16.2 Å². The average Bonchev–Trinajstić information content (AvgIpc) is 2.37. The normalized spacial score (nSPS) is 16.9. The Morgan fingerprint density at radius 3 is 2.87 bits per heavy atom. The van der Waals surface area contributed by atoms with Crippen LogP contribution >= 0.6 is 0 Å². The van der Waals surface area contributed by atoms with Gasteiger partial charge in [0.1, 0.15) is 0 Å². The molecule has 1 aliphatic heterocycles. The summed E-state index contributed by atoms with van der Waals surface area (Å²) in [6, 6.07) is 0. The Labute approximate surface area is 88.4 Å². The van der Waals surface area contributed by atoms with Crippen LogP contribution in [0.15, 0.2) is 45.2 Å². The first kappa shape index (κ1) is 11.2. The van der Waals surface area contributed by atoms with Crippen LogP contribution in [0, 0.1) is 0 Å². The van der Waals surface area contributed by atoms with Crippen molar-refractivity contribution < 1.29 is 4.79 Å². The fraction of sp³-hybridized carbons (Fsp3) is 0.300. The Morgan fingerprint density at radius 1 is 1.60 bits per heavy atom. The van der Waals surface area contributed by atoms with Crippen LogP contribution in [0.3, 0.4) is 0 Å². The highest BCUT2D eigenvalue weighted by molar-refractivity contribution is 5.82. The van der Waals surface area contributed by atoms with Crippen molar-refractivity contribution in [1.82, 2.24) is 5.32 Å². The number of aldehydes is 1. The van der Waals surface area contributed by atoms with Gasteiger partial charge in [0.2, 0.25) is 0 Å². The van der Waals surface area contributed by atoms with Gasteiger partial charge in [-0.05, 0) is 30.6 Å². The molecule has 80 valence electrons. The highest BCUT2D eigenvalue weighted by atomic mass is 16.1. The lowest BCUT2D eigenvalue weighted by Gasteiger charge is -2.03. The summed E-state index contributed by atoms with van der Waals surface area (Å²) in [5.74, 6) is 5.49. The summed E-state index contributed by atoms with van der Waals surface area (Å²) >= 11 is 0. The summed E-state index contributed by atoms with van der Waals surface area (Å²) in [6.07, 6.45) is 5.12. The van der Waals surface area contributed by atoms with Gasteiger partial charge in [-0.25, -0.2) is 0 Å². The van der Waals surface area contributed by atoms with Crippen LogP contribution < -0.4 is 11.2 Å². The minimum atomic E-state index is 0.526. The van der Waals surface area contributed by atoms with Gasteiger partial charge in [-0.15, -0.1) is 5.11 Å². The van der Waals surface area contributed by atoms with E-state index in [0.717, 1.165) is 23.9 Å². The summed E-state index contributed by atoms with van der Waals surface area (Å²) in [5.41, 5.74) is 2.48. The Balaban J connectivity index is 3.16. The van der Waals surface area contributed by atoms with E-state index in [2.05, 4.69) is 15.7 Å². The van der Waals surface area contributed by atoms with Crippen molar-refractivity contribution in [3.63, 3.8) is 0 Å². The van der Waals surface area contributed by atoms with Gasteiger partial charge in [0.25, 0.3) is 0 Å². The largest absolute Gasteiger partial charge is 0.345 e. The lowest BCUT2D eigenvalue weighted by molar-refractivity contribution is -0.104. The molecule has 0 aromatic rings. The molecule has 0 saturated carbocycles. The van der Waals surface area contributed by atoms with E-state index in [1.54, 1.807) is 12.3 Å². The lowest BCUT2D eigenvalue weighted by Crippen LogP contribution is -2.03. The first-order valence-corrected chi connectivity index (χ1v) is 4.67. The quantitative estimate of drug-likeness (QED) is 0.318. The molecule has 0 fully saturated rings. The van der Waals surface area contributed by atoms with Gasteiger partial charge in [0.05, 0.1) is 0 Å². The molecule has 0 spiro atoms. The van der Waals surface area contributed by atoms with Gasteiger partial charge in [-0.1, -0.05) is 12.1 Å². The number of rotatable bonds is 3. The van der Waals surface area contributed by atoms with E-state index < -0.39 is 0 Å². The molecule has 0 atom stereocenters. The van der Waals surface area contributed by atoms with Crippen molar-refractivity contribution in [3.05, 3.63) is 34.8 Å². The maximum Gasteiger partial charge on any atom is 0.154 e. The molecular weight excluding hydrogens is 192 g/mol. The SMILES string of the molecule is CCC1=CNC(N=NN)=CC(C)=C1C=O. The molecule has 0 amide bonds. The Hall–Kier alpha value is -1.91. The van der Waals surface area contributed by atoms with Crippen molar-refractivity contribution in [2.75, 3.05) is 0 Å². The van der Waals surface area contributed by atoms with Crippen molar-refractivity contribution in [2.45, 2.75) is 20.3 Å². The molecule has 1 rings (SSSR count). The van der Waals surface area contributed by atoms with Crippen LogP contribution in [0.5, 0.6) is 0 Å². The molecular formula is C10H14N4O. The van der Waals surface area contributed by atoms with Gasteiger partial charge in [0, 0.05) is 11.8 Å². The van der Waals surface area contributed by atoms with Crippen molar-refractivity contribution in [1.29, 1.82) is 0 Å². The monoisotopic (exact) mass is 206 g/mol. The Bertz CT molecular complexity index is 377. The standard InChI is InChI=1S/C10H14N4O/c1-3-8-5-12-10(13-14-11)4-7(2)9(8)6-15/h4-6,12H,3H2,1-2H3,(H2,11,13). The summed E-state index contributed by atoms with van der Waals surface area (Å²) in [6.45, 7) is 3.84. The third-order valence-corrected chi connectivity index (χ3v) is 2.18. The predicted molar refractivity (Wildman–Crippen MR) is 57.4 cm³/mol. The van der Waals surface area contributed by atoms with E-state index in [9.17, 15) is 4.79 Å². The zero-order valence-corrected chi connectivity index (χ0v) is 8.82. The molecule has 0 unspecified atom stereocenters. The summed E-state index contributed by atoms with van der Waals surface area (Å²) in [4.78, 5) is 10.9. The number of nitrogens with zero attached hydrogens (tertiary/aromatic N) is 2. The fourth-order valence-corrected chi connectivity index (χ4v) is 1.40. The van der Waals surface area contributed by atoms with Crippen molar-refractivity contribution >= 4 is 6.29 Å². The molecule has 1 heterocycles. The summed E-state index contributed by atoms with van der Waals surface area (Å²) in [5, 5.41) is 9.82. The molecule has 5 nitrogen and oxygen atoms in total. The maximum atomic E-state index is 10.9. The second-order valence-corrected chi connectivity index (χ2v) is 3.13. The lowest BCUT2D eigenvalue weighted by atomic mass is 10.0. The second-order valence-electron chi connectivity index (χ2n) is 3.13. The van der Waals surface area contributed by atoms with E-state index in [4.69, 9.17) is 5.84 Å². The van der Waals surface area contributed by atoms with Gasteiger partial charge in [0.15, 0.2) is 12.1 Å². The van der Waals surface area contributed by atoms with Gasteiger partial charge < -0.3 is 11.2 Å². The van der Waals surface area contributed by atoms with Crippen molar-refractivity contribution in [3.8, 4) is 0 Å². The van der Waals surface area contributed by atoms with E-state index in [1.807, 2.05) is 13.8 Å². The zero-order chi connectivity index (χ0) is 11.3. The first-order chi connectivity index (χ1) is 7.22. The summed E-state index contributed by atoms with van der Waals surface area (Å²) < 4.78 is 0. The molecule has 0 aliphatic carbocycles. The molecule has 15 heavy (non-hydrogen) atoms. The highest BCUT2D eigenvalue weighted by Crippen LogP contribution is 2.20. The van der Waals surface area contributed by atoms with Gasteiger partial charge in [-0.2, -0.15) is 0 Å². The van der Waals surface area contributed by atoms with E-state index >= 15 is 0 Å². The minimum absolute atomic E-state index is 0.526. The molecule has 3 N–H and O–H groups in total. The molecule has 0 bridgehead atoms. The van der Waals surface area contributed by atoms with Gasteiger partial charge >= 0.3 is 0 Å². The number of carbonyl (C=O) groups excluding carboxylic acids is 1. The van der Waals surface area contributed by atoms with Crippen LogP contribution in [0.1, 0.15) is 20.3 Å². The fourth-order valence-electron chi connectivity index (χ4n) is 1.40. The molecule has 0 aromatic heterocycles. The molecule has 5 heteroatoms. The topological polar surface area (TPSA) is 79.8 Å². The molecule has 0 radical (unpaired) electrons. The third-order valence-electron chi connectivity index (χ3n) is 2.18. The number of nitrogens with two attached hydrogens (primary N) is 1. The number of allylic oxidation sites excluding steroid dienone is 4. The number of hydrogen-bond donors (Lipinski definition) is 2. The molecule has 0 saturated heterocycles. The predicted octanol–water partition coefficient (Wildman–Crippen LogP) is 1.57. The molecule has 0 aromatic carbocycles. The Morgan fingerprint density at radius 2 is 2.33 bits per heavy atom. The van der Waals surface area contributed by atoms with Gasteiger partial charge in [-0.3, -0.25) is 4.79 Å². The highest BCUT2D eigenvalue weighted by Gasteiger charge is 2.09. The average molecular weight is 206 g/mol. The van der Waals surface area contributed by atoms with Crippen LogP contribution in [-0.2, 0) is 4.79 Å². The number of hydrogen-bond acceptors (Lipinski definition) is 4. The zero-order valence-electron chi connectivity index (χ0n) is 8.82. The van der Waals surface area contributed by atoms with Crippen LogP contribution in [0.4, 0.5) is 0 Å². The van der Waals surface area contributed by atoms with E-state index in [-0.39, 0.29) is 0 Å². The number of nitrogens with one attached hydrogen (secondary N) is 1. The van der Waals surface area contributed by atoms with Crippen LogP contribution in [0.2, 0.25) is 0 Å². The first-order valence-electron chi connectivity index (χ1n) is 4.67. The van der Waals surface area contributed by atoms with E-state index in [1.165, 1.54) is 0 Å². The minimum Gasteiger partial charge on any atom is -0.345 e. The third kappa shape index (κ3) is 2.52. The maximum absolute atomic E-state index is 10.9. The number of carbonyl (C=O) groups is 1. The Kier molecular flexibility index (Phi) is 3.79. The van der Waals surface area contributed by atoms with Crippen LogP contribution in [0.25, 0.3) is 0 Å². The second kappa shape index (κ2) is 5.09. The van der Waals surface area contributed by atoms with Crippen LogP contribution in [-0.4, -0.2) is 6.29 Å². The smallest absolute Gasteiger partial charge is 0.154 e.